The third-order valence-corrected chi connectivity index (χ3v) is 9.39. The Morgan fingerprint density at radius 3 is 0.912 bits per heavy atom. The summed E-state index contributed by atoms with van der Waals surface area (Å²) >= 11 is -4.10. The van der Waals surface area contributed by atoms with E-state index >= 15 is 0 Å². The van der Waals surface area contributed by atoms with Crippen molar-refractivity contribution in [3.8, 4) is 0 Å². The molecule has 6 nitrogen and oxygen atoms in total. The van der Waals surface area contributed by atoms with Gasteiger partial charge in [0.15, 0.2) is 0 Å². The normalized spacial score (nSPS) is 13.1. The van der Waals surface area contributed by atoms with Crippen molar-refractivity contribution in [1.29, 1.82) is 0 Å². The van der Waals surface area contributed by atoms with Crippen molar-refractivity contribution in [2.75, 3.05) is 0 Å². The predicted molar refractivity (Wildman–Crippen MR) is 138 cm³/mol. The Morgan fingerprint density at radius 1 is 0.529 bits per heavy atom. The van der Waals surface area contributed by atoms with E-state index in [2.05, 4.69) is 41.5 Å². The molecule has 0 unspecified atom stereocenters. The van der Waals surface area contributed by atoms with Gasteiger partial charge in [0.05, 0.1) is 0 Å². The van der Waals surface area contributed by atoms with Gasteiger partial charge in [0, 0.05) is 0 Å². The van der Waals surface area contributed by atoms with Gasteiger partial charge < -0.3 is 0 Å². The Balaban J connectivity index is 5.37. The molecule has 0 amide bonds. The van der Waals surface area contributed by atoms with Crippen LogP contribution in [-0.4, -0.2) is 41.0 Å². The van der Waals surface area contributed by atoms with Crippen LogP contribution >= 0.6 is 0 Å². The molecule has 0 rings (SSSR count). The van der Waals surface area contributed by atoms with Gasteiger partial charge >= 0.3 is 219 Å². The third-order valence-electron chi connectivity index (χ3n) is 5.28. The Kier molecular flexibility index (Phi) is 13.8. The van der Waals surface area contributed by atoms with Gasteiger partial charge in [0.2, 0.25) is 0 Å². The second-order valence-corrected chi connectivity index (χ2v) is 17.3. The molecule has 0 aliphatic carbocycles. The molecule has 0 radical (unpaired) electrons. The van der Waals surface area contributed by atoms with E-state index in [9.17, 15) is 14.4 Å². The standard InChI is InChI=1S/3C9H18O2.Bi/c3*1-7(2)5-9(3,4)6-8(10)11;/h3*7H,5-6H2,1-4H3,(H,10,11);/q;;;+3/p-3. The molecule has 34 heavy (non-hydrogen) atoms. The van der Waals surface area contributed by atoms with E-state index in [4.69, 9.17) is 8.44 Å². The molecule has 0 saturated carbocycles. The Hall–Kier alpha value is -0.707. The maximum absolute atomic E-state index is 12.7. The number of carbonyl (C=O) groups excluding carboxylic acids is 3. The average molecular weight is 681 g/mol. The van der Waals surface area contributed by atoms with Crippen LogP contribution in [0.5, 0.6) is 0 Å². The Bertz CT molecular complexity index is 574. The van der Waals surface area contributed by atoms with E-state index in [0.29, 0.717) is 17.8 Å². The van der Waals surface area contributed by atoms with E-state index in [0.717, 1.165) is 19.3 Å². The van der Waals surface area contributed by atoms with Gasteiger partial charge in [0.25, 0.3) is 0 Å². The van der Waals surface area contributed by atoms with Gasteiger partial charge in [-0.1, -0.05) is 0 Å². The third kappa shape index (κ3) is 16.8. The van der Waals surface area contributed by atoms with Crippen molar-refractivity contribution < 1.29 is 22.8 Å². The molecule has 0 bridgehead atoms. The molecule has 0 aromatic heterocycles. The van der Waals surface area contributed by atoms with E-state index in [1.54, 1.807) is 0 Å². The van der Waals surface area contributed by atoms with Crippen LogP contribution in [0.4, 0.5) is 0 Å². The van der Waals surface area contributed by atoms with Crippen molar-refractivity contribution >= 4 is 41.0 Å². The first-order valence-corrected chi connectivity index (χ1v) is 16.9. The molecule has 0 aliphatic heterocycles. The number of hydrogen-bond donors (Lipinski definition) is 0. The van der Waals surface area contributed by atoms with E-state index in [1.165, 1.54) is 0 Å². The number of carbonyl (C=O) groups is 3. The summed E-state index contributed by atoms with van der Waals surface area (Å²) in [6.07, 6.45) is 3.12. The summed E-state index contributed by atoms with van der Waals surface area (Å²) in [5, 5.41) is 0. The Morgan fingerprint density at radius 2 is 0.735 bits per heavy atom. The van der Waals surface area contributed by atoms with Crippen LogP contribution in [0, 0.1) is 34.0 Å². The minimum atomic E-state index is -4.10. The van der Waals surface area contributed by atoms with Crippen LogP contribution in [0.15, 0.2) is 0 Å². The van der Waals surface area contributed by atoms with Crippen molar-refractivity contribution in [3.05, 3.63) is 0 Å². The van der Waals surface area contributed by atoms with Gasteiger partial charge in [0.1, 0.15) is 0 Å². The molecule has 0 heterocycles. The first-order chi connectivity index (χ1) is 15.2. The second-order valence-electron chi connectivity index (χ2n) is 13.4. The second kappa shape index (κ2) is 14.1. The van der Waals surface area contributed by atoms with Crippen LogP contribution in [-0.2, 0) is 22.8 Å². The summed E-state index contributed by atoms with van der Waals surface area (Å²) in [6, 6.07) is 0. The summed E-state index contributed by atoms with van der Waals surface area (Å²) < 4.78 is 16.7. The van der Waals surface area contributed by atoms with E-state index < -0.39 is 41.0 Å². The van der Waals surface area contributed by atoms with Gasteiger partial charge in [-0.2, -0.15) is 0 Å². The van der Waals surface area contributed by atoms with Crippen LogP contribution in [0.3, 0.4) is 0 Å². The van der Waals surface area contributed by atoms with Crippen LogP contribution in [0.2, 0.25) is 0 Å². The van der Waals surface area contributed by atoms with Crippen LogP contribution in [0.25, 0.3) is 0 Å². The summed E-state index contributed by atoms with van der Waals surface area (Å²) in [4.78, 5) is 38.2. The number of hydrogen-bond acceptors (Lipinski definition) is 6. The summed E-state index contributed by atoms with van der Waals surface area (Å²) in [7, 11) is 0. The molecular formula is C27H51BiO6. The van der Waals surface area contributed by atoms with Crippen LogP contribution < -0.4 is 0 Å². The first-order valence-electron chi connectivity index (χ1n) is 12.6. The van der Waals surface area contributed by atoms with Gasteiger partial charge in [-0.05, 0) is 0 Å². The van der Waals surface area contributed by atoms with Gasteiger partial charge in [-0.15, -0.1) is 0 Å². The molecule has 7 heteroatoms. The summed E-state index contributed by atoms with van der Waals surface area (Å²) in [5.74, 6) is -0.0958. The molecule has 0 fully saturated rings. The summed E-state index contributed by atoms with van der Waals surface area (Å²) in [6.45, 7) is 24.7. The SMILES string of the molecule is CC(C)CC(C)(C)CC(=O)[O][Bi]([O]C(=O)CC(C)(C)CC(C)C)[O]C(=O)CC(C)(C)CC(C)C. The monoisotopic (exact) mass is 680 g/mol. The van der Waals surface area contributed by atoms with Gasteiger partial charge in [-0.3, -0.25) is 0 Å². The number of rotatable bonds is 15. The van der Waals surface area contributed by atoms with E-state index in [1.807, 2.05) is 41.5 Å². The van der Waals surface area contributed by atoms with Crippen molar-refractivity contribution in [2.45, 2.75) is 122 Å². The molecular weight excluding hydrogens is 629 g/mol. The minimum absolute atomic E-state index is 0.184. The predicted octanol–water partition coefficient (Wildman–Crippen LogP) is 6.99. The zero-order valence-corrected chi connectivity index (χ0v) is 27.3. The fourth-order valence-corrected chi connectivity index (χ4v) is 8.23. The average Bonchev–Trinajstić information content (AvgIpc) is 2.47. The zero-order chi connectivity index (χ0) is 26.9. The molecule has 200 valence electrons. The molecule has 0 aliphatic rings. The molecule has 0 spiro atoms. The fraction of sp³-hybridized carbons (Fsp3) is 0.889. The van der Waals surface area contributed by atoms with Crippen molar-refractivity contribution in [2.24, 2.45) is 34.0 Å². The molecule has 0 atom stereocenters. The van der Waals surface area contributed by atoms with Crippen molar-refractivity contribution in [3.63, 3.8) is 0 Å². The zero-order valence-electron chi connectivity index (χ0n) is 23.9. The molecule has 0 aromatic carbocycles. The maximum atomic E-state index is 12.7. The van der Waals surface area contributed by atoms with Crippen molar-refractivity contribution in [1.82, 2.24) is 0 Å². The quantitative estimate of drug-likeness (QED) is 0.174. The first kappa shape index (κ1) is 33.3. The topological polar surface area (TPSA) is 78.9 Å². The molecule has 0 aromatic rings. The molecule has 0 saturated heterocycles. The Labute approximate surface area is 218 Å². The van der Waals surface area contributed by atoms with E-state index in [-0.39, 0.29) is 35.5 Å². The molecule has 0 N–H and O–H groups in total. The fourth-order valence-electron chi connectivity index (χ4n) is 5.11. The van der Waals surface area contributed by atoms with Gasteiger partial charge in [-0.25, -0.2) is 0 Å². The summed E-state index contributed by atoms with van der Waals surface area (Å²) in [5.41, 5.74) is -0.770. The van der Waals surface area contributed by atoms with Crippen LogP contribution in [0.1, 0.15) is 122 Å².